The van der Waals surface area contributed by atoms with Crippen LogP contribution in [0.3, 0.4) is 0 Å². The standard InChI is InChI=1S/C18H22O4S/c1-14-6-8-18(9-7-14)22-11-17(19)13-23(20,21)12-16-5-3-4-15(2)10-16/h3-10,17,19H,11-13H2,1-2H3. The van der Waals surface area contributed by atoms with Crippen LogP contribution in [0.25, 0.3) is 0 Å². The smallest absolute Gasteiger partial charge is 0.157 e. The molecule has 2 aromatic rings. The fourth-order valence-corrected chi connectivity index (χ4v) is 3.77. The van der Waals surface area contributed by atoms with Gasteiger partial charge in [-0.05, 0) is 31.5 Å². The molecule has 0 saturated carbocycles. The highest BCUT2D eigenvalue weighted by atomic mass is 32.2. The molecule has 0 saturated heterocycles. The second kappa shape index (κ2) is 7.62. The van der Waals surface area contributed by atoms with Crippen LogP contribution in [0.15, 0.2) is 48.5 Å². The summed E-state index contributed by atoms with van der Waals surface area (Å²) in [4.78, 5) is 0. The van der Waals surface area contributed by atoms with Crippen molar-refractivity contribution in [2.75, 3.05) is 12.4 Å². The van der Waals surface area contributed by atoms with E-state index in [2.05, 4.69) is 0 Å². The number of benzene rings is 2. The van der Waals surface area contributed by atoms with Crippen LogP contribution in [0.1, 0.15) is 16.7 Å². The summed E-state index contributed by atoms with van der Waals surface area (Å²) in [5.74, 6) is 0.231. The number of aliphatic hydroxyl groups is 1. The molecule has 0 fully saturated rings. The zero-order valence-electron chi connectivity index (χ0n) is 13.4. The molecule has 0 aliphatic carbocycles. The van der Waals surface area contributed by atoms with Gasteiger partial charge in [-0.15, -0.1) is 0 Å². The Balaban J connectivity index is 1.88. The number of ether oxygens (including phenoxy) is 1. The summed E-state index contributed by atoms with van der Waals surface area (Å²) in [5, 5.41) is 9.93. The molecule has 2 rings (SSSR count). The van der Waals surface area contributed by atoms with Gasteiger partial charge in [0.05, 0.1) is 11.5 Å². The highest BCUT2D eigenvalue weighted by molar-refractivity contribution is 7.90. The van der Waals surface area contributed by atoms with E-state index in [1.807, 2.05) is 44.2 Å². The van der Waals surface area contributed by atoms with Crippen molar-refractivity contribution in [3.63, 3.8) is 0 Å². The predicted octanol–water partition coefficient (Wildman–Crippen LogP) is 2.66. The van der Waals surface area contributed by atoms with Gasteiger partial charge in [-0.25, -0.2) is 8.42 Å². The van der Waals surface area contributed by atoms with E-state index >= 15 is 0 Å². The summed E-state index contributed by atoms with van der Waals surface area (Å²) in [7, 11) is -3.39. The lowest BCUT2D eigenvalue weighted by Gasteiger charge is -2.13. The fourth-order valence-electron chi connectivity index (χ4n) is 2.28. The lowest BCUT2D eigenvalue weighted by molar-refractivity contribution is 0.125. The Morgan fingerprint density at radius 1 is 1.04 bits per heavy atom. The molecule has 0 aliphatic heterocycles. The molecule has 0 aliphatic rings. The molecular formula is C18H22O4S. The number of sulfone groups is 1. The minimum absolute atomic E-state index is 0.0455. The first-order valence-electron chi connectivity index (χ1n) is 7.47. The molecule has 2 aromatic carbocycles. The Morgan fingerprint density at radius 2 is 1.74 bits per heavy atom. The van der Waals surface area contributed by atoms with E-state index in [0.29, 0.717) is 5.75 Å². The van der Waals surface area contributed by atoms with Gasteiger partial charge in [0.1, 0.15) is 18.5 Å². The third-order valence-electron chi connectivity index (χ3n) is 3.38. The highest BCUT2D eigenvalue weighted by Gasteiger charge is 2.18. The zero-order valence-corrected chi connectivity index (χ0v) is 14.2. The van der Waals surface area contributed by atoms with E-state index in [1.165, 1.54) is 0 Å². The van der Waals surface area contributed by atoms with Gasteiger partial charge in [0.25, 0.3) is 0 Å². The van der Waals surface area contributed by atoms with Gasteiger partial charge in [-0.1, -0.05) is 47.5 Å². The monoisotopic (exact) mass is 334 g/mol. The zero-order chi connectivity index (χ0) is 16.9. The average molecular weight is 334 g/mol. The van der Waals surface area contributed by atoms with Crippen molar-refractivity contribution in [2.24, 2.45) is 0 Å². The molecule has 0 heterocycles. The SMILES string of the molecule is Cc1ccc(OCC(O)CS(=O)(=O)Cc2cccc(C)c2)cc1. The van der Waals surface area contributed by atoms with Crippen molar-refractivity contribution in [1.29, 1.82) is 0 Å². The number of rotatable bonds is 7. The van der Waals surface area contributed by atoms with Crippen LogP contribution >= 0.6 is 0 Å². The molecule has 1 N–H and O–H groups in total. The van der Waals surface area contributed by atoms with Crippen molar-refractivity contribution in [2.45, 2.75) is 25.7 Å². The van der Waals surface area contributed by atoms with Crippen LogP contribution in [-0.2, 0) is 15.6 Å². The Labute approximate surface area is 137 Å². The van der Waals surface area contributed by atoms with E-state index in [9.17, 15) is 13.5 Å². The van der Waals surface area contributed by atoms with Gasteiger partial charge in [-0.3, -0.25) is 0 Å². The second-order valence-corrected chi connectivity index (χ2v) is 7.93. The number of hydrogen-bond donors (Lipinski definition) is 1. The fraction of sp³-hybridized carbons (Fsp3) is 0.333. The Kier molecular flexibility index (Phi) is 5.80. The molecule has 1 atom stereocenters. The molecule has 124 valence electrons. The van der Waals surface area contributed by atoms with E-state index in [4.69, 9.17) is 4.74 Å². The molecule has 0 spiro atoms. The number of aryl methyl sites for hydroxylation is 2. The predicted molar refractivity (Wildman–Crippen MR) is 91.4 cm³/mol. The van der Waals surface area contributed by atoms with Crippen molar-refractivity contribution >= 4 is 9.84 Å². The van der Waals surface area contributed by atoms with E-state index in [-0.39, 0.29) is 18.1 Å². The minimum Gasteiger partial charge on any atom is -0.491 e. The van der Waals surface area contributed by atoms with Crippen molar-refractivity contribution < 1.29 is 18.3 Å². The third-order valence-corrected chi connectivity index (χ3v) is 5.04. The van der Waals surface area contributed by atoms with Crippen molar-refractivity contribution in [1.82, 2.24) is 0 Å². The normalized spacial score (nSPS) is 12.8. The number of aliphatic hydroxyl groups excluding tert-OH is 1. The van der Waals surface area contributed by atoms with Crippen molar-refractivity contribution in [3.8, 4) is 5.75 Å². The lowest BCUT2D eigenvalue weighted by atomic mass is 10.2. The van der Waals surface area contributed by atoms with Crippen LogP contribution in [0.4, 0.5) is 0 Å². The number of hydrogen-bond acceptors (Lipinski definition) is 4. The first-order valence-corrected chi connectivity index (χ1v) is 9.30. The first kappa shape index (κ1) is 17.5. The van der Waals surface area contributed by atoms with Crippen LogP contribution < -0.4 is 4.74 Å². The summed E-state index contributed by atoms with van der Waals surface area (Å²) in [6, 6.07) is 14.8. The quantitative estimate of drug-likeness (QED) is 0.845. The molecule has 0 aromatic heterocycles. The van der Waals surface area contributed by atoms with Gasteiger partial charge in [-0.2, -0.15) is 0 Å². The van der Waals surface area contributed by atoms with E-state index in [0.717, 1.165) is 16.7 Å². The Morgan fingerprint density at radius 3 is 2.39 bits per heavy atom. The summed E-state index contributed by atoms with van der Waals surface area (Å²) in [6.07, 6.45) is -1.05. The topological polar surface area (TPSA) is 63.6 Å². The summed E-state index contributed by atoms with van der Waals surface area (Å²) in [5.41, 5.74) is 2.86. The molecular weight excluding hydrogens is 312 g/mol. The highest BCUT2D eigenvalue weighted by Crippen LogP contribution is 2.13. The van der Waals surface area contributed by atoms with Gasteiger partial charge in [0, 0.05) is 0 Å². The summed E-state index contributed by atoms with van der Waals surface area (Å²) < 4.78 is 29.7. The Hall–Kier alpha value is -1.85. The van der Waals surface area contributed by atoms with Gasteiger partial charge < -0.3 is 9.84 Å². The average Bonchev–Trinajstić information content (AvgIpc) is 2.45. The molecule has 0 radical (unpaired) electrons. The maximum Gasteiger partial charge on any atom is 0.157 e. The molecule has 0 bridgehead atoms. The van der Waals surface area contributed by atoms with Crippen LogP contribution in [0.2, 0.25) is 0 Å². The largest absolute Gasteiger partial charge is 0.491 e. The van der Waals surface area contributed by atoms with E-state index in [1.54, 1.807) is 18.2 Å². The van der Waals surface area contributed by atoms with Gasteiger partial charge in [0.15, 0.2) is 9.84 Å². The molecule has 1 unspecified atom stereocenters. The maximum absolute atomic E-state index is 12.2. The summed E-state index contributed by atoms with van der Waals surface area (Å²) in [6.45, 7) is 3.84. The third kappa shape index (κ3) is 6.04. The van der Waals surface area contributed by atoms with Crippen LogP contribution in [0.5, 0.6) is 5.75 Å². The van der Waals surface area contributed by atoms with Crippen molar-refractivity contribution in [3.05, 3.63) is 65.2 Å². The minimum atomic E-state index is -3.39. The molecule has 0 amide bonds. The van der Waals surface area contributed by atoms with Gasteiger partial charge >= 0.3 is 0 Å². The first-order chi connectivity index (χ1) is 10.8. The summed E-state index contributed by atoms with van der Waals surface area (Å²) >= 11 is 0. The molecule has 23 heavy (non-hydrogen) atoms. The van der Waals surface area contributed by atoms with Crippen LogP contribution in [-0.4, -0.2) is 32.0 Å². The Bertz CT molecular complexity index is 736. The maximum atomic E-state index is 12.2. The lowest BCUT2D eigenvalue weighted by Crippen LogP contribution is -2.27. The molecule has 5 heteroatoms. The second-order valence-electron chi connectivity index (χ2n) is 5.82. The molecule has 4 nitrogen and oxygen atoms in total. The van der Waals surface area contributed by atoms with Gasteiger partial charge in [0.2, 0.25) is 0 Å². The van der Waals surface area contributed by atoms with E-state index < -0.39 is 15.9 Å². The van der Waals surface area contributed by atoms with Crippen LogP contribution in [0, 0.1) is 13.8 Å².